The molecule has 231 valence electrons. The van der Waals surface area contributed by atoms with Crippen LogP contribution in [0.4, 0.5) is 26.3 Å². The fraction of sp³-hybridized carbons (Fsp3) is 0.545. The van der Waals surface area contributed by atoms with Crippen LogP contribution in [0, 0.1) is 0 Å². The molecular weight excluding hydrogens is 649 g/mol. The topological polar surface area (TPSA) is 147 Å². The van der Waals surface area contributed by atoms with Crippen LogP contribution < -0.4 is 0 Å². The maximum Gasteiger partial charge on any atom is 2.00 e. The van der Waals surface area contributed by atoms with Gasteiger partial charge in [0.05, 0.1) is 11.4 Å². The van der Waals surface area contributed by atoms with Crippen molar-refractivity contribution in [2.75, 3.05) is 13.1 Å². The first-order chi connectivity index (χ1) is 18.4. The zero-order valence-corrected chi connectivity index (χ0v) is 23.9. The Hall–Kier alpha value is -1.86. The molecule has 41 heavy (non-hydrogen) atoms. The summed E-state index contributed by atoms with van der Waals surface area (Å²) in [5, 5.41) is 0. The van der Waals surface area contributed by atoms with Crippen LogP contribution in [0.1, 0.15) is 37.1 Å². The average molecular weight is 676 g/mol. The van der Waals surface area contributed by atoms with E-state index in [2.05, 4.69) is 44.0 Å². The van der Waals surface area contributed by atoms with E-state index in [9.17, 15) is 26.3 Å². The minimum atomic E-state index is -6.09. The molecule has 19 heteroatoms. The number of alkyl halides is 6. The number of pyridine rings is 2. The average Bonchev–Trinajstić information content (AvgIpc) is 3.48. The molecule has 2 fully saturated rings. The van der Waals surface area contributed by atoms with Crippen LogP contribution in [0.15, 0.2) is 48.8 Å². The SMILES string of the molecule is O=S(=O)([O-])C(F)(F)F.O=S(=O)([O-])C(F)(F)F.[Mn+2].c1ccc(CN2CCC[C@H]2[C@@H]2CCCN2Cc2ccccn2)nc1. The smallest absolute Gasteiger partial charge is 0.741 e. The van der Waals surface area contributed by atoms with Crippen LogP contribution in [0.5, 0.6) is 0 Å². The van der Waals surface area contributed by atoms with Crippen molar-refractivity contribution in [3.8, 4) is 0 Å². The normalized spacial score (nSPS) is 20.3. The fourth-order valence-electron chi connectivity index (χ4n) is 4.37. The molecule has 2 aromatic heterocycles. The summed E-state index contributed by atoms with van der Waals surface area (Å²) >= 11 is 0. The molecule has 2 aliphatic heterocycles. The first kappa shape index (κ1) is 37.2. The molecule has 0 aliphatic carbocycles. The predicted octanol–water partition coefficient (Wildman–Crippen LogP) is 3.21. The number of aromatic nitrogens is 2. The molecule has 0 spiro atoms. The van der Waals surface area contributed by atoms with Crippen LogP contribution >= 0.6 is 0 Å². The van der Waals surface area contributed by atoms with Gasteiger partial charge < -0.3 is 9.11 Å². The van der Waals surface area contributed by atoms with Gasteiger partial charge in [0.2, 0.25) is 0 Å². The number of halogens is 6. The Kier molecular flexibility index (Phi) is 14.1. The third-order valence-corrected chi connectivity index (χ3v) is 7.16. The van der Waals surface area contributed by atoms with E-state index in [4.69, 9.17) is 25.9 Å². The zero-order valence-electron chi connectivity index (χ0n) is 21.1. The van der Waals surface area contributed by atoms with Crippen molar-refractivity contribution in [3.05, 3.63) is 60.2 Å². The second-order valence-corrected chi connectivity index (χ2v) is 11.5. The molecule has 0 amide bonds. The molecule has 0 unspecified atom stereocenters. The van der Waals surface area contributed by atoms with Gasteiger partial charge in [0.25, 0.3) is 0 Å². The Labute approximate surface area is 244 Å². The van der Waals surface area contributed by atoms with E-state index in [0.717, 1.165) is 13.1 Å². The van der Waals surface area contributed by atoms with Crippen LogP contribution in [-0.2, 0) is 50.4 Å². The van der Waals surface area contributed by atoms with Crippen LogP contribution in [-0.4, -0.2) is 81.9 Å². The second-order valence-electron chi connectivity index (χ2n) is 8.80. The minimum Gasteiger partial charge on any atom is -0.741 e. The maximum absolute atomic E-state index is 10.7. The summed E-state index contributed by atoms with van der Waals surface area (Å²) in [4.78, 5) is 14.4. The van der Waals surface area contributed by atoms with Gasteiger partial charge >= 0.3 is 28.1 Å². The molecule has 0 aromatic carbocycles. The van der Waals surface area contributed by atoms with Gasteiger partial charge in [-0.05, 0) is 63.0 Å². The van der Waals surface area contributed by atoms with Crippen LogP contribution in [0.25, 0.3) is 0 Å². The number of rotatable bonds is 5. The van der Waals surface area contributed by atoms with Crippen molar-refractivity contribution in [2.24, 2.45) is 0 Å². The zero-order chi connectivity index (χ0) is 30.2. The van der Waals surface area contributed by atoms with E-state index in [1.165, 1.54) is 50.2 Å². The number of hydrogen-bond acceptors (Lipinski definition) is 10. The van der Waals surface area contributed by atoms with Gasteiger partial charge in [0.15, 0.2) is 20.2 Å². The first-order valence-corrected chi connectivity index (χ1v) is 14.5. The molecule has 4 heterocycles. The van der Waals surface area contributed by atoms with Gasteiger partial charge in [-0.1, -0.05) is 12.1 Å². The Morgan fingerprint density at radius 1 is 0.707 bits per heavy atom. The van der Waals surface area contributed by atoms with Crippen molar-refractivity contribution >= 4 is 20.2 Å². The van der Waals surface area contributed by atoms with E-state index in [-0.39, 0.29) is 17.1 Å². The molecule has 0 bridgehead atoms. The molecule has 0 saturated carbocycles. The van der Waals surface area contributed by atoms with Crippen molar-refractivity contribution in [3.63, 3.8) is 0 Å². The van der Waals surface area contributed by atoms with E-state index in [1.807, 2.05) is 24.5 Å². The molecule has 2 aromatic rings. The third kappa shape index (κ3) is 12.1. The molecule has 4 rings (SSSR count). The van der Waals surface area contributed by atoms with E-state index in [0.29, 0.717) is 12.1 Å². The Balaban J connectivity index is 0.000000413. The van der Waals surface area contributed by atoms with Gasteiger partial charge in [-0.15, -0.1) is 0 Å². The Morgan fingerprint density at radius 3 is 1.27 bits per heavy atom. The third-order valence-electron chi connectivity index (χ3n) is 6.02. The standard InChI is InChI=1S/C20H26N4.2CHF3O3S.Mn/c1-3-11-21-17(7-1)15-23-13-5-9-19(23)20-10-6-14-24(20)16-18-8-2-4-12-22-18;2*2-1(3,4)8(5,6)7;/h1-4,7-8,11-12,19-20H,5-6,9-10,13-16H2;2*(H,5,6,7);/q;;;+2/p-2/t19-,20-;;;/m0.../s1. The summed E-state index contributed by atoms with van der Waals surface area (Å²) in [6.07, 6.45) is 9.07. The minimum absolute atomic E-state index is 0. The van der Waals surface area contributed by atoms with E-state index in [1.54, 1.807) is 0 Å². The van der Waals surface area contributed by atoms with Crippen molar-refractivity contribution in [1.29, 1.82) is 0 Å². The van der Waals surface area contributed by atoms with Crippen LogP contribution in [0.3, 0.4) is 0 Å². The summed E-state index contributed by atoms with van der Waals surface area (Å²) in [5.41, 5.74) is -8.91. The number of hydrogen-bond donors (Lipinski definition) is 0. The largest absolute Gasteiger partial charge is 2.00 e. The summed E-state index contributed by atoms with van der Waals surface area (Å²) in [6.45, 7) is 4.38. The first-order valence-electron chi connectivity index (χ1n) is 11.7. The van der Waals surface area contributed by atoms with Gasteiger partial charge in [0.1, 0.15) is 0 Å². The van der Waals surface area contributed by atoms with E-state index < -0.39 is 31.3 Å². The maximum atomic E-state index is 10.7. The van der Waals surface area contributed by atoms with Crippen LogP contribution in [0.2, 0.25) is 0 Å². The van der Waals surface area contributed by atoms with Gasteiger partial charge in [-0.3, -0.25) is 19.8 Å². The van der Waals surface area contributed by atoms with Crippen molar-refractivity contribution in [1.82, 2.24) is 19.8 Å². The quantitative estimate of drug-likeness (QED) is 0.200. The predicted molar refractivity (Wildman–Crippen MR) is 127 cm³/mol. The monoisotopic (exact) mass is 675 g/mol. The molecule has 0 N–H and O–H groups in total. The number of nitrogens with zero attached hydrogens (tertiary/aromatic N) is 4. The summed E-state index contributed by atoms with van der Waals surface area (Å²) in [5.74, 6) is 0. The fourth-order valence-corrected chi connectivity index (χ4v) is 4.37. The molecule has 2 saturated heterocycles. The molecule has 2 aliphatic rings. The molecular formula is C22H26F6MnN4O6S2. The van der Waals surface area contributed by atoms with Crippen molar-refractivity contribution < 1.29 is 69.4 Å². The molecule has 2 atom stereocenters. The van der Waals surface area contributed by atoms with Gasteiger partial charge in [-0.2, -0.15) is 26.3 Å². The van der Waals surface area contributed by atoms with Gasteiger partial charge in [0, 0.05) is 37.6 Å². The Morgan fingerprint density at radius 2 is 1.02 bits per heavy atom. The summed E-state index contributed by atoms with van der Waals surface area (Å²) in [6, 6.07) is 13.8. The number of likely N-dealkylation sites (tertiary alicyclic amines) is 2. The van der Waals surface area contributed by atoms with Gasteiger partial charge in [-0.25, -0.2) is 16.8 Å². The Bertz CT molecular complexity index is 1170. The summed E-state index contributed by atoms with van der Waals surface area (Å²) in [7, 11) is -12.2. The van der Waals surface area contributed by atoms with E-state index >= 15 is 0 Å². The van der Waals surface area contributed by atoms with Crippen molar-refractivity contribution in [2.45, 2.75) is 61.9 Å². The molecule has 10 nitrogen and oxygen atoms in total. The summed E-state index contributed by atoms with van der Waals surface area (Å²) < 4.78 is 118. The molecule has 1 radical (unpaired) electrons. The second kappa shape index (κ2) is 15.6.